The van der Waals surface area contributed by atoms with Crippen molar-refractivity contribution in [1.82, 2.24) is 9.62 Å². The lowest BCUT2D eigenvalue weighted by Gasteiger charge is -2.26. The molecule has 1 aliphatic rings. The van der Waals surface area contributed by atoms with Gasteiger partial charge >= 0.3 is 6.18 Å². The fourth-order valence-corrected chi connectivity index (χ4v) is 4.75. The number of anilines is 1. The number of morpholine rings is 1. The monoisotopic (exact) mass is 499 g/mol. The predicted molar refractivity (Wildman–Crippen MR) is 118 cm³/mol. The number of nitrogens with zero attached hydrogens (tertiary/aromatic N) is 1. The van der Waals surface area contributed by atoms with Crippen molar-refractivity contribution in [2.45, 2.75) is 24.9 Å². The number of benzene rings is 2. The topological polar surface area (TPSA) is 105 Å². The van der Waals surface area contributed by atoms with E-state index in [-0.39, 0.29) is 48.0 Å². The lowest BCUT2D eigenvalue weighted by atomic mass is 10.1. The second kappa shape index (κ2) is 10.1. The molecule has 2 aromatic rings. The van der Waals surface area contributed by atoms with Gasteiger partial charge in [0.05, 0.1) is 18.1 Å². The van der Waals surface area contributed by atoms with Gasteiger partial charge in [0, 0.05) is 29.9 Å². The molecule has 1 fully saturated rings. The average Bonchev–Trinajstić information content (AvgIpc) is 2.79. The van der Waals surface area contributed by atoms with Crippen LogP contribution in [0.15, 0.2) is 41.3 Å². The van der Waals surface area contributed by atoms with Gasteiger partial charge in [-0.05, 0) is 49.2 Å². The summed E-state index contributed by atoms with van der Waals surface area (Å²) in [6.45, 7) is 2.80. The van der Waals surface area contributed by atoms with Gasteiger partial charge < -0.3 is 15.4 Å². The zero-order valence-electron chi connectivity index (χ0n) is 18.5. The van der Waals surface area contributed by atoms with Gasteiger partial charge in [-0.2, -0.15) is 17.5 Å². The van der Waals surface area contributed by atoms with Crippen LogP contribution in [-0.2, 0) is 14.8 Å². The van der Waals surface area contributed by atoms with Crippen LogP contribution in [0.5, 0.6) is 0 Å². The number of ether oxygens (including phenoxy) is 1. The van der Waals surface area contributed by atoms with Crippen LogP contribution in [0.4, 0.5) is 18.9 Å². The first-order valence-corrected chi connectivity index (χ1v) is 11.8. The number of hydrogen-bond donors (Lipinski definition) is 2. The minimum Gasteiger partial charge on any atom is -0.379 e. The van der Waals surface area contributed by atoms with Crippen LogP contribution >= 0.6 is 0 Å². The Morgan fingerprint density at radius 3 is 2.29 bits per heavy atom. The van der Waals surface area contributed by atoms with Gasteiger partial charge in [-0.25, -0.2) is 8.42 Å². The molecule has 34 heavy (non-hydrogen) atoms. The third-order valence-electron chi connectivity index (χ3n) is 5.26. The highest BCUT2D eigenvalue weighted by Gasteiger charge is 2.29. The van der Waals surface area contributed by atoms with E-state index in [0.717, 1.165) is 0 Å². The number of aryl methyl sites for hydroxylation is 2. The van der Waals surface area contributed by atoms with Gasteiger partial charge in [0.2, 0.25) is 10.0 Å². The van der Waals surface area contributed by atoms with Crippen molar-refractivity contribution in [1.29, 1.82) is 0 Å². The van der Waals surface area contributed by atoms with E-state index in [1.54, 1.807) is 19.2 Å². The van der Waals surface area contributed by atoms with Crippen LogP contribution in [0.1, 0.15) is 31.8 Å². The summed E-state index contributed by atoms with van der Waals surface area (Å²) in [5, 5.41) is 4.40. The highest BCUT2D eigenvalue weighted by Crippen LogP contribution is 2.23. The van der Waals surface area contributed by atoms with Crippen LogP contribution < -0.4 is 10.6 Å². The lowest BCUT2D eigenvalue weighted by molar-refractivity contribution is -0.123. The fourth-order valence-electron chi connectivity index (χ4n) is 3.31. The first-order valence-electron chi connectivity index (χ1n) is 10.3. The maximum atomic E-state index is 13.0. The van der Waals surface area contributed by atoms with Crippen LogP contribution in [0, 0.1) is 13.8 Å². The lowest BCUT2D eigenvalue weighted by Crippen LogP contribution is -2.40. The highest BCUT2D eigenvalue weighted by molar-refractivity contribution is 7.89. The molecule has 0 atom stereocenters. The summed E-state index contributed by atoms with van der Waals surface area (Å²) < 4.78 is 69.5. The number of amides is 2. The molecule has 12 heteroatoms. The number of nitrogens with one attached hydrogen (secondary N) is 2. The Hall–Kier alpha value is -2.96. The molecule has 0 unspecified atom stereocenters. The van der Waals surface area contributed by atoms with Crippen molar-refractivity contribution in [3.05, 3.63) is 58.7 Å². The number of halogens is 3. The highest BCUT2D eigenvalue weighted by atomic mass is 32.2. The second-order valence-electron chi connectivity index (χ2n) is 7.77. The standard InChI is InChI=1S/C22H24F3N3O5S/c1-14-4-6-17(34(31,32)28-7-9-33-10-8-28)12-18(14)21(30)27-19-11-16(5-3-15(19)2)20(29)26-13-22(23,24)25/h3-6,11-12H,7-10,13H2,1-2H3,(H,26,29)(H,27,30). The normalized spacial score (nSPS) is 15.1. The zero-order chi connectivity index (χ0) is 25.1. The van der Waals surface area contributed by atoms with E-state index in [1.807, 2.05) is 0 Å². The summed E-state index contributed by atoms with van der Waals surface area (Å²) >= 11 is 0. The summed E-state index contributed by atoms with van der Waals surface area (Å²) in [6.07, 6.45) is -4.55. The third kappa shape index (κ3) is 6.13. The van der Waals surface area contributed by atoms with Crippen molar-refractivity contribution in [2.24, 2.45) is 0 Å². The van der Waals surface area contributed by atoms with Gasteiger partial charge in [-0.3, -0.25) is 9.59 Å². The van der Waals surface area contributed by atoms with Crippen molar-refractivity contribution in [3.63, 3.8) is 0 Å². The maximum Gasteiger partial charge on any atom is 0.405 e. The Labute approximate surface area is 195 Å². The molecule has 0 saturated carbocycles. The number of hydrogen-bond acceptors (Lipinski definition) is 5. The molecule has 0 aromatic heterocycles. The fraction of sp³-hybridized carbons (Fsp3) is 0.364. The molecule has 2 N–H and O–H groups in total. The Morgan fingerprint density at radius 1 is 1.00 bits per heavy atom. The molecule has 1 heterocycles. The van der Waals surface area contributed by atoms with Crippen LogP contribution in [-0.4, -0.2) is 63.6 Å². The first-order chi connectivity index (χ1) is 15.9. The van der Waals surface area contributed by atoms with Gasteiger partial charge in [-0.1, -0.05) is 12.1 Å². The van der Waals surface area contributed by atoms with E-state index in [0.29, 0.717) is 11.1 Å². The molecule has 0 aliphatic carbocycles. The summed E-state index contributed by atoms with van der Waals surface area (Å²) in [5.74, 6) is -1.56. The molecule has 2 aromatic carbocycles. The minimum atomic E-state index is -4.55. The molecular formula is C22H24F3N3O5S. The van der Waals surface area contributed by atoms with Gasteiger partial charge in [0.1, 0.15) is 6.54 Å². The zero-order valence-corrected chi connectivity index (χ0v) is 19.3. The number of sulfonamides is 1. The molecule has 184 valence electrons. The van der Waals surface area contributed by atoms with E-state index in [9.17, 15) is 31.2 Å². The van der Waals surface area contributed by atoms with Crippen molar-refractivity contribution >= 4 is 27.5 Å². The smallest absolute Gasteiger partial charge is 0.379 e. The third-order valence-corrected chi connectivity index (χ3v) is 7.15. The van der Waals surface area contributed by atoms with E-state index >= 15 is 0 Å². The van der Waals surface area contributed by atoms with E-state index in [2.05, 4.69) is 5.32 Å². The Kier molecular flexibility index (Phi) is 7.64. The average molecular weight is 500 g/mol. The summed E-state index contributed by atoms with van der Waals surface area (Å²) in [6, 6.07) is 8.33. The molecule has 0 radical (unpaired) electrons. The maximum absolute atomic E-state index is 13.0. The molecule has 2 amide bonds. The van der Waals surface area contributed by atoms with Crippen LogP contribution in [0.25, 0.3) is 0 Å². The number of rotatable bonds is 6. The second-order valence-corrected chi connectivity index (χ2v) is 9.71. The molecular weight excluding hydrogens is 475 g/mol. The Morgan fingerprint density at radius 2 is 1.65 bits per heavy atom. The molecule has 0 spiro atoms. The van der Waals surface area contributed by atoms with Gasteiger partial charge in [0.15, 0.2) is 0 Å². The number of alkyl halides is 3. The van der Waals surface area contributed by atoms with Crippen molar-refractivity contribution < 1.29 is 35.9 Å². The SMILES string of the molecule is Cc1ccc(C(=O)NCC(F)(F)F)cc1NC(=O)c1cc(S(=O)(=O)N2CCOCC2)ccc1C. The summed E-state index contributed by atoms with van der Waals surface area (Å²) in [5.41, 5.74) is 1.35. The van der Waals surface area contributed by atoms with E-state index in [1.165, 1.54) is 40.7 Å². The summed E-state index contributed by atoms with van der Waals surface area (Å²) in [7, 11) is -3.82. The Bertz CT molecular complexity index is 1190. The molecule has 3 rings (SSSR count). The van der Waals surface area contributed by atoms with Crippen LogP contribution in [0.2, 0.25) is 0 Å². The molecule has 0 bridgehead atoms. The number of carbonyl (C=O) groups is 2. The molecule has 1 saturated heterocycles. The van der Waals surface area contributed by atoms with Gasteiger partial charge in [0.25, 0.3) is 11.8 Å². The Balaban J connectivity index is 1.83. The predicted octanol–water partition coefficient (Wildman–Crippen LogP) is 2.87. The first kappa shape index (κ1) is 25.7. The molecule has 8 nitrogen and oxygen atoms in total. The van der Waals surface area contributed by atoms with E-state index in [4.69, 9.17) is 4.74 Å². The molecule has 1 aliphatic heterocycles. The van der Waals surface area contributed by atoms with E-state index < -0.39 is 34.6 Å². The van der Waals surface area contributed by atoms with Crippen LogP contribution in [0.3, 0.4) is 0 Å². The summed E-state index contributed by atoms with van der Waals surface area (Å²) in [4.78, 5) is 25.0. The number of carbonyl (C=O) groups excluding carboxylic acids is 2. The largest absolute Gasteiger partial charge is 0.405 e. The van der Waals surface area contributed by atoms with Crippen molar-refractivity contribution in [3.8, 4) is 0 Å². The minimum absolute atomic E-state index is 0.0397. The van der Waals surface area contributed by atoms with Gasteiger partial charge in [-0.15, -0.1) is 0 Å². The quantitative estimate of drug-likeness (QED) is 0.636. The van der Waals surface area contributed by atoms with Crippen molar-refractivity contribution in [2.75, 3.05) is 38.2 Å².